The third kappa shape index (κ3) is 3.47. The minimum atomic E-state index is -1.12. The van der Waals surface area contributed by atoms with Crippen molar-refractivity contribution in [1.82, 2.24) is 0 Å². The minimum absolute atomic E-state index is 0.251. The Morgan fingerprint density at radius 3 is 2.55 bits per heavy atom. The number of nitrogens with one attached hydrogen (secondary N) is 1. The van der Waals surface area contributed by atoms with E-state index >= 15 is 0 Å². The molecule has 0 spiro atoms. The van der Waals surface area contributed by atoms with Gasteiger partial charge in [-0.25, -0.2) is 13.2 Å². The van der Waals surface area contributed by atoms with E-state index in [1.54, 1.807) is 6.07 Å². The molecule has 5 heteroatoms. The summed E-state index contributed by atoms with van der Waals surface area (Å²) in [5.74, 6) is -3.24. The zero-order valence-electron chi connectivity index (χ0n) is 10.2. The van der Waals surface area contributed by atoms with E-state index in [9.17, 15) is 18.0 Å². The molecule has 102 valence electrons. The maximum atomic E-state index is 13.3. The second-order valence-electron chi connectivity index (χ2n) is 3.98. The quantitative estimate of drug-likeness (QED) is 0.850. The van der Waals surface area contributed by atoms with E-state index in [2.05, 4.69) is 5.32 Å². The molecule has 0 aliphatic carbocycles. The van der Waals surface area contributed by atoms with Crippen molar-refractivity contribution in [1.29, 1.82) is 0 Å². The first-order valence-electron chi connectivity index (χ1n) is 5.75. The molecule has 0 atom stereocenters. The van der Waals surface area contributed by atoms with E-state index in [4.69, 9.17) is 0 Å². The van der Waals surface area contributed by atoms with Gasteiger partial charge in [-0.15, -0.1) is 0 Å². The summed E-state index contributed by atoms with van der Waals surface area (Å²) in [7, 11) is 0. The molecule has 0 fully saturated rings. The van der Waals surface area contributed by atoms with Crippen molar-refractivity contribution < 1.29 is 18.0 Å². The molecule has 0 bridgehead atoms. The van der Waals surface area contributed by atoms with E-state index in [1.165, 1.54) is 36.4 Å². The van der Waals surface area contributed by atoms with Crippen molar-refractivity contribution in [2.45, 2.75) is 0 Å². The third-order valence-corrected chi connectivity index (χ3v) is 2.49. The van der Waals surface area contributed by atoms with Gasteiger partial charge in [0.2, 0.25) is 5.91 Å². The summed E-state index contributed by atoms with van der Waals surface area (Å²) in [5, 5.41) is 2.20. The summed E-state index contributed by atoms with van der Waals surface area (Å²) in [4.78, 5) is 11.6. The van der Waals surface area contributed by atoms with Crippen LogP contribution in [0.1, 0.15) is 5.56 Å². The molecule has 2 aromatic carbocycles. The smallest absolute Gasteiger partial charge is 0.248 e. The lowest BCUT2D eigenvalue weighted by molar-refractivity contribution is -0.111. The number of benzene rings is 2. The van der Waals surface area contributed by atoms with E-state index < -0.39 is 23.4 Å². The SMILES string of the molecule is O=C(C=Cc1cccc(F)c1)Nc1cccc(F)c1F. The summed E-state index contributed by atoms with van der Waals surface area (Å²) >= 11 is 0. The number of carbonyl (C=O) groups is 1. The number of hydrogen-bond acceptors (Lipinski definition) is 1. The van der Waals surface area contributed by atoms with Crippen molar-refractivity contribution in [3.63, 3.8) is 0 Å². The monoisotopic (exact) mass is 277 g/mol. The molecule has 1 amide bonds. The molecule has 0 saturated heterocycles. The van der Waals surface area contributed by atoms with Crippen molar-refractivity contribution in [3.05, 3.63) is 71.6 Å². The Labute approximate surface area is 113 Å². The predicted molar refractivity (Wildman–Crippen MR) is 70.4 cm³/mol. The van der Waals surface area contributed by atoms with Gasteiger partial charge in [0, 0.05) is 6.08 Å². The van der Waals surface area contributed by atoms with Gasteiger partial charge < -0.3 is 5.32 Å². The molecule has 0 aliphatic heterocycles. The molecule has 1 N–H and O–H groups in total. The van der Waals surface area contributed by atoms with E-state index in [0.29, 0.717) is 5.56 Å². The lowest BCUT2D eigenvalue weighted by Gasteiger charge is -2.03. The lowest BCUT2D eigenvalue weighted by atomic mass is 10.2. The fraction of sp³-hybridized carbons (Fsp3) is 0. The van der Waals surface area contributed by atoms with Crippen LogP contribution in [-0.2, 0) is 4.79 Å². The lowest BCUT2D eigenvalue weighted by Crippen LogP contribution is -2.09. The predicted octanol–water partition coefficient (Wildman–Crippen LogP) is 3.76. The van der Waals surface area contributed by atoms with Crippen LogP contribution in [0.3, 0.4) is 0 Å². The fourth-order valence-electron chi connectivity index (χ4n) is 1.56. The van der Waals surface area contributed by atoms with Gasteiger partial charge in [0.25, 0.3) is 0 Å². The highest BCUT2D eigenvalue weighted by atomic mass is 19.2. The van der Waals surface area contributed by atoms with Crippen molar-refractivity contribution >= 4 is 17.7 Å². The topological polar surface area (TPSA) is 29.1 Å². The van der Waals surface area contributed by atoms with E-state index in [1.807, 2.05) is 0 Å². The molecule has 2 nitrogen and oxygen atoms in total. The molecule has 0 aromatic heterocycles. The zero-order chi connectivity index (χ0) is 14.5. The van der Waals surface area contributed by atoms with Gasteiger partial charge >= 0.3 is 0 Å². The molecular formula is C15H10F3NO. The summed E-state index contributed by atoms with van der Waals surface area (Å²) in [6.45, 7) is 0. The molecule has 0 saturated carbocycles. The van der Waals surface area contributed by atoms with Crippen LogP contribution in [0.25, 0.3) is 6.08 Å². The Balaban J connectivity index is 2.08. The van der Waals surface area contributed by atoms with Crippen molar-refractivity contribution in [3.8, 4) is 0 Å². The molecule has 0 unspecified atom stereocenters. The van der Waals surface area contributed by atoms with E-state index in [-0.39, 0.29) is 5.69 Å². The summed E-state index contributed by atoms with van der Waals surface area (Å²) in [6, 6.07) is 9.10. The second kappa shape index (κ2) is 6.06. The minimum Gasteiger partial charge on any atom is -0.320 e. The van der Waals surface area contributed by atoms with Gasteiger partial charge in [0.15, 0.2) is 11.6 Å². The number of amides is 1. The molecular weight excluding hydrogens is 267 g/mol. The molecule has 2 aromatic rings. The van der Waals surface area contributed by atoms with Crippen LogP contribution in [0.15, 0.2) is 48.5 Å². The number of hydrogen-bond donors (Lipinski definition) is 1. The zero-order valence-corrected chi connectivity index (χ0v) is 10.2. The van der Waals surface area contributed by atoms with Gasteiger partial charge in [-0.3, -0.25) is 4.79 Å². The third-order valence-electron chi connectivity index (χ3n) is 2.49. The Morgan fingerprint density at radius 2 is 1.80 bits per heavy atom. The van der Waals surface area contributed by atoms with Crippen LogP contribution in [-0.4, -0.2) is 5.91 Å². The first-order chi connectivity index (χ1) is 9.56. The summed E-state index contributed by atoms with van der Waals surface area (Å²) in [6.07, 6.45) is 2.48. The normalized spacial score (nSPS) is 10.8. The molecule has 0 radical (unpaired) electrons. The van der Waals surface area contributed by atoms with E-state index in [0.717, 1.165) is 12.1 Å². The molecule has 20 heavy (non-hydrogen) atoms. The maximum absolute atomic E-state index is 13.3. The Morgan fingerprint density at radius 1 is 1.05 bits per heavy atom. The highest BCUT2D eigenvalue weighted by Crippen LogP contribution is 2.16. The number of carbonyl (C=O) groups excluding carboxylic acids is 1. The highest BCUT2D eigenvalue weighted by Gasteiger charge is 2.08. The number of rotatable bonds is 3. The molecule has 0 aliphatic rings. The van der Waals surface area contributed by atoms with Gasteiger partial charge in [-0.05, 0) is 35.9 Å². The highest BCUT2D eigenvalue weighted by molar-refractivity contribution is 6.01. The average Bonchev–Trinajstić information content (AvgIpc) is 2.42. The van der Waals surface area contributed by atoms with Crippen molar-refractivity contribution in [2.75, 3.05) is 5.32 Å². The largest absolute Gasteiger partial charge is 0.320 e. The van der Waals surface area contributed by atoms with Crippen LogP contribution in [0.5, 0.6) is 0 Å². The Hall–Kier alpha value is -2.56. The number of halogens is 3. The van der Waals surface area contributed by atoms with Gasteiger partial charge in [-0.2, -0.15) is 0 Å². The maximum Gasteiger partial charge on any atom is 0.248 e. The van der Waals surface area contributed by atoms with Gasteiger partial charge in [0.1, 0.15) is 5.82 Å². The van der Waals surface area contributed by atoms with Crippen LogP contribution in [0, 0.1) is 17.5 Å². The van der Waals surface area contributed by atoms with Gasteiger partial charge in [0.05, 0.1) is 5.69 Å². The van der Waals surface area contributed by atoms with Crippen LogP contribution in [0.2, 0.25) is 0 Å². The van der Waals surface area contributed by atoms with Gasteiger partial charge in [-0.1, -0.05) is 18.2 Å². The number of anilines is 1. The fourth-order valence-corrected chi connectivity index (χ4v) is 1.56. The summed E-state index contributed by atoms with van der Waals surface area (Å²) in [5.41, 5.74) is 0.235. The summed E-state index contributed by atoms with van der Waals surface area (Å²) < 4.78 is 39.2. The first kappa shape index (κ1) is 13.9. The Kier molecular flexibility index (Phi) is 4.20. The van der Waals surface area contributed by atoms with Crippen LogP contribution < -0.4 is 5.32 Å². The molecule has 0 heterocycles. The average molecular weight is 277 g/mol. The molecule has 2 rings (SSSR count). The second-order valence-corrected chi connectivity index (χ2v) is 3.98. The standard InChI is InChI=1S/C15H10F3NO/c16-11-4-1-3-10(9-11)7-8-14(20)19-13-6-2-5-12(17)15(13)18/h1-9H,(H,19,20). The van der Waals surface area contributed by atoms with Crippen LogP contribution >= 0.6 is 0 Å². The van der Waals surface area contributed by atoms with Crippen LogP contribution in [0.4, 0.5) is 18.9 Å². The Bertz CT molecular complexity index is 668. The first-order valence-corrected chi connectivity index (χ1v) is 5.75. The van der Waals surface area contributed by atoms with Crippen molar-refractivity contribution in [2.24, 2.45) is 0 Å².